The van der Waals surface area contributed by atoms with E-state index < -0.39 is 6.09 Å². The number of nitrogens with one attached hydrogen (secondary N) is 1. The number of amides is 2. The Morgan fingerprint density at radius 3 is 2.59 bits per heavy atom. The maximum Gasteiger partial charge on any atom is 0.404 e. The second-order valence-corrected chi connectivity index (χ2v) is 4.66. The molecule has 0 bridgehead atoms. The summed E-state index contributed by atoms with van der Waals surface area (Å²) in [4.78, 5) is 24.6. The molecule has 0 aliphatic carbocycles. The summed E-state index contributed by atoms with van der Waals surface area (Å²) in [6.07, 6.45) is 1.51. The summed E-state index contributed by atoms with van der Waals surface area (Å²) in [5.74, 6) is 0.325. The zero-order valence-corrected chi connectivity index (χ0v) is 9.85. The zero-order valence-electron chi connectivity index (χ0n) is 9.85. The third kappa shape index (κ3) is 3.09. The Morgan fingerprint density at radius 2 is 1.94 bits per heavy atom. The summed E-state index contributed by atoms with van der Waals surface area (Å²) in [7, 11) is 0. The molecule has 2 amide bonds. The van der Waals surface area contributed by atoms with Gasteiger partial charge in [0.15, 0.2) is 0 Å². The van der Waals surface area contributed by atoms with Crippen LogP contribution in [-0.2, 0) is 9.53 Å². The van der Waals surface area contributed by atoms with Gasteiger partial charge < -0.3 is 20.7 Å². The molecule has 2 aliphatic heterocycles. The number of rotatable bonds is 2. The van der Waals surface area contributed by atoms with Crippen molar-refractivity contribution in [2.75, 3.05) is 26.2 Å². The quantitative estimate of drug-likeness (QED) is 0.694. The van der Waals surface area contributed by atoms with E-state index in [2.05, 4.69) is 5.32 Å². The monoisotopic (exact) mass is 241 g/mol. The molecule has 2 heterocycles. The molecule has 2 fully saturated rings. The van der Waals surface area contributed by atoms with Crippen LogP contribution < -0.4 is 11.1 Å². The minimum atomic E-state index is -0.758. The van der Waals surface area contributed by atoms with Gasteiger partial charge in [-0.05, 0) is 25.9 Å². The van der Waals surface area contributed by atoms with Gasteiger partial charge in [0.05, 0.1) is 6.54 Å². The third-order valence-electron chi connectivity index (χ3n) is 3.43. The Hall–Kier alpha value is -1.30. The predicted molar refractivity (Wildman–Crippen MR) is 61.2 cm³/mol. The zero-order chi connectivity index (χ0) is 12.3. The highest BCUT2D eigenvalue weighted by atomic mass is 16.6. The van der Waals surface area contributed by atoms with Gasteiger partial charge in [0.1, 0.15) is 6.10 Å². The Balaban J connectivity index is 1.82. The fourth-order valence-corrected chi connectivity index (χ4v) is 2.52. The molecule has 6 nitrogen and oxygen atoms in total. The molecular weight excluding hydrogens is 222 g/mol. The van der Waals surface area contributed by atoms with Crippen molar-refractivity contribution in [2.45, 2.75) is 25.4 Å². The first kappa shape index (κ1) is 12.2. The predicted octanol–water partition coefficient (Wildman–Crippen LogP) is -0.318. The highest BCUT2D eigenvalue weighted by Crippen LogP contribution is 2.20. The molecule has 0 spiro atoms. The van der Waals surface area contributed by atoms with Gasteiger partial charge in [-0.25, -0.2) is 4.79 Å². The number of carbonyl (C=O) groups is 2. The molecule has 0 aromatic rings. The summed E-state index contributed by atoms with van der Waals surface area (Å²) < 4.78 is 4.91. The number of piperidine rings is 1. The molecule has 0 saturated carbocycles. The largest absolute Gasteiger partial charge is 0.444 e. The van der Waals surface area contributed by atoms with Crippen molar-refractivity contribution < 1.29 is 14.3 Å². The Morgan fingerprint density at radius 1 is 1.24 bits per heavy atom. The van der Waals surface area contributed by atoms with Gasteiger partial charge in [-0.1, -0.05) is 0 Å². The number of nitrogens with two attached hydrogens (primary N) is 1. The van der Waals surface area contributed by atoms with Crippen molar-refractivity contribution in [3.63, 3.8) is 0 Å². The average Bonchev–Trinajstić information content (AvgIpc) is 2.77. The lowest BCUT2D eigenvalue weighted by Crippen LogP contribution is -2.40. The number of likely N-dealkylation sites (tertiary alicyclic amines) is 1. The van der Waals surface area contributed by atoms with E-state index in [1.165, 1.54) is 0 Å². The summed E-state index contributed by atoms with van der Waals surface area (Å²) in [5.41, 5.74) is 4.96. The second-order valence-electron chi connectivity index (χ2n) is 4.66. The van der Waals surface area contributed by atoms with Crippen molar-refractivity contribution in [3.05, 3.63) is 0 Å². The van der Waals surface area contributed by atoms with Crippen LogP contribution >= 0.6 is 0 Å². The second kappa shape index (κ2) is 5.35. The summed E-state index contributed by atoms with van der Waals surface area (Å²) in [5, 5.41) is 3.24. The first-order valence-corrected chi connectivity index (χ1v) is 6.12. The molecule has 0 unspecified atom stereocenters. The van der Waals surface area contributed by atoms with Crippen LogP contribution in [0.4, 0.5) is 4.79 Å². The topological polar surface area (TPSA) is 84.7 Å². The van der Waals surface area contributed by atoms with E-state index in [9.17, 15) is 9.59 Å². The van der Waals surface area contributed by atoms with Crippen LogP contribution in [0.15, 0.2) is 0 Å². The van der Waals surface area contributed by atoms with Crippen molar-refractivity contribution in [3.8, 4) is 0 Å². The summed E-state index contributed by atoms with van der Waals surface area (Å²) >= 11 is 0. The molecule has 2 saturated heterocycles. The SMILES string of the molecule is NC(=O)O[C@H]1CCN(C(=O)C2CCNCC2)C1. The van der Waals surface area contributed by atoms with Gasteiger partial charge >= 0.3 is 6.09 Å². The minimum Gasteiger partial charge on any atom is -0.444 e. The van der Waals surface area contributed by atoms with Crippen molar-refractivity contribution >= 4 is 12.0 Å². The molecule has 0 radical (unpaired) electrons. The molecule has 6 heteroatoms. The van der Waals surface area contributed by atoms with Gasteiger partial charge in [-0.2, -0.15) is 0 Å². The highest BCUT2D eigenvalue weighted by molar-refractivity contribution is 5.79. The maximum absolute atomic E-state index is 12.2. The van der Waals surface area contributed by atoms with Crippen LogP contribution in [0.5, 0.6) is 0 Å². The van der Waals surface area contributed by atoms with Crippen LogP contribution in [0, 0.1) is 5.92 Å². The molecule has 96 valence electrons. The summed E-state index contributed by atoms with van der Waals surface area (Å²) in [6.45, 7) is 2.98. The Bertz CT molecular complexity index is 302. The molecule has 0 aromatic carbocycles. The smallest absolute Gasteiger partial charge is 0.404 e. The number of hydrogen-bond donors (Lipinski definition) is 2. The van der Waals surface area contributed by atoms with Crippen molar-refractivity contribution in [2.24, 2.45) is 11.7 Å². The van der Waals surface area contributed by atoms with E-state index in [1.807, 2.05) is 0 Å². The number of ether oxygens (including phenoxy) is 1. The molecule has 2 rings (SSSR count). The Kier molecular flexibility index (Phi) is 3.83. The van der Waals surface area contributed by atoms with E-state index in [-0.39, 0.29) is 17.9 Å². The first-order valence-electron chi connectivity index (χ1n) is 6.12. The fourth-order valence-electron chi connectivity index (χ4n) is 2.52. The van der Waals surface area contributed by atoms with E-state index >= 15 is 0 Å². The van der Waals surface area contributed by atoms with Gasteiger partial charge in [0.25, 0.3) is 0 Å². The summed E-state index contributed by atoms with van der Waals surface area (Å²) in [6, 6.07) is 0. The molecule has 17 heavy (non-hydrogen) atoms. The number of carbonyl (C=O) groups excluding carboxylic acids is 2. The van der Waals surface area contributed by atoms with E-state index in [0.29, 0.717) is 19.5 Å². The number of primary amides is 1. The Labute approximate surface area is 100 Å². The van der Waals surface area contributed by atoms with Gasteiger partial charge in [-0.15, -0.1) is 0 Å². The van der Waals surface area contributed by atoms with Crippen LogP contribution in [0.1, 0.15) is 19.3 Å². The van der Waals surface area contributed by atoms with Gasteiger partial charge in [-0.3, -0.25) is 4.79 Å². The fraction of sp³-hybridized carbons (Fsp3) is 0.818. The van der Waals surface area contributed by atoms with Crippen LogP contribution in [-0.4, -0.2) is 49.2 Å². The van der Waals surface area contributed by atoms with E-state index in [4.69, 9.17) is 10.5 Å². The van der Waals surface area contributed by atoms with E-state index in [1.54, 1.807) is 4.90 Å². The number of hydrogen-bond acceptors (Lipinski definition) is 4. The highest BCUT2D eigenvalue weighted by Gasteiger charge is 2.32. The van der Waals surface area contributed by atoms with E-state index in [0.717, 1.165) is 25.9 Å². The first-order chi connectivity index (χ1) is 8.16. The van der Waals surface area contributed by atoms with Gasteiger partial charge in [0, 0.05) is 18.9 Å². The lowest BCUT2D eigenvalue weighted by atomic mass is 9.97. The van der Waals surface area contributed by atoms with Crippen molar-refractivity contribution in [1.82, 2.24) is 10.2 Å². The minimum absolute atomic E-state index is 0.128. The normalized spacial score (nSPS) is 25.9. The molecule has 2 aliphatic rings. The molecular formula is C11H19N3O3. The molecule has 3 N–H and O–H groups in total. The average molecular weight is 241 g/mol. The molecule has 0 aromatic heterocycles. The number of nitrogens with zero attached hydrogens (tertiary/aromatic N) is 1. The third-order valence-corrected chi connectivity index (χ3v) is 3.43. The van der Waals surface area contributed by atoms with Gasteiger partial charge in [0.2, 0.25) is 5.91 Å². The lowest BCUT2D eigenvalue weighted by molar-refractivity contribution is -0.135. The standard InChI is InChI=1S/C11H19N3O3/c12-11(16)17-9-3-6-14(7-9)10(15)8-1-4-13-5-2-8/h8-9,13H,1-7H2,(H2,12,16)/t9-/m0/s1. The van der Waals surface area contributed by atoms with Crippen LogP contribution in [0.2, 0.25) is 0 Å². The lowest BCUT2D eigenvalue weighted by Gasteiger charge is -2.26. The van der Waals surface area contributed by atoms with Crippen molar-refractivity contribution in [1.29, 1.82) is 0 Å². The van der Waals surface area contributed by atoms with Crippen LogP contribution in [0.3, 0.4) is 0 Å². The maximum atomic E-state index is 12.2. The molecule has 1 atom stereocenters. The van der Waals surface area contributed by atoms with Crippen LogP contribution in [0.25, 0.3) is 0 Å².